The van der Waals surface area contributed by atoms with Crippen LogP contribution in [-0.2, 0) is 16.1 Å². The highest BCUT2D eigenvalue weighted by Gasteiger charge is 2.23. The number of nitrogens with zero attached hydrogens (tertiary/aromatic N) is 3. The third kappa shape index (κ3) is 5.32. The van der Waals surface area contributed by atoms with Gasteiger partial charge in [-0.25, -0.2) is 0 Å². The number of aromatic nitrogens is 3. The first-order valence-electron chi connectivity index (χ1n) is 8.57. The van der Waals surface area contributed by atoms with Crippen LogP contribution in [0.2, 0.25) is 0 Å². The van der Waals surface area contributed by atoms with Crippen LogP contribution >= 0.6 is 11.8 Å². The van der Waals surface area contributed by atoms with Gasteiger partial charge in [-0.1, -0.05) is 62.4 Å². The zero-order valence-electron chi connectivity index (χ0n) is 15.3. The molecule has 2 unspecified atom stereocenters. The number of benzene rings is 1. The fraction of sp³-hybridized carbons (Fsp3) is 0.444. The summed E-state index contributed by atoms with van der Waals surface area (Å²) in [5, 5.41) is 11.7. The summed E-state index contributed by atoms with van der Waals surface area (Å²) in [6, 6.07) is 9.34. The van der Waals surface area contributed by atoms with Crippen LogP contribution in [0.25, 0.3) is 0 Å². The highest BCUT2D eigenvalue weighted by molar-refractivity contribution is 7.99. The van der Waals surface area contributed by atoms with Crippen molar-refractivity contribution in [1.29, 1.82) is 0 Å². The molecule has 2 atom stereocenters. The monoisotopic (exact) mass is 375 g/mol. The lowest BCUT2D eigenvalue weighted by Crippen LogP contribution is -2.48. The van der Waals surface area contributed by atoms with E-state index >= 15 is 0 Å². The summed E-state index contributed by atoms with van der Waals surface area (Å²) in [4.78, 5) is 23.8. The Labute approximate surface area is 157 Å². The number of aryl methyl sites for hydroxylation is 1. The number of hydrogen-bond donors (Lipinski definition) is 2. The molecule has 0 saturated carbocycles. The van der Waals surface area contributed by atoms with Gasteiger partial charge in [0.05, 0.1) is 12.3 Å². The first kappa shape index (κ1) is 20.0. The molecule has 1 aromatic carbocycles. The first-order valence-corrected chi connectivity index (χ1v) is 9.56. The molecular weight excluding hydrogens is 350 g/mol. The Balaban J connectivity index is 1.99. The number of primary amides is 1. The van der Waals surface area contributed by atoms with Gasteiger partial charge in [0.15, 0.2) is 5.16 Å². The van der Waals surface area contributed by atoms with E-state index in [-0.39, 0.29) is 17.6 Å². The Bertz CT molecular complexity index is 747. The number of carbonyl (C=O) groups is 2. The van der Waals surface area contributed by atoms with Crippen LogP contribution in [-0.4, -0.2) is 38.4 Å². The van der Waals surface area contributed by atoms with Gasteiger partial charge in [0.25, 0.3) is 0 Å². The SMILES string of the molecule is CCC(C)C(NC(=O)CSc1nnc(C)n1Cc1ccccc1)C(N)=O. The number of rotatable bonds is 9. The van der Waals surface area contributed by atoms with Crippen molar-refractivity contribution in [2.45, 2.75) is 44.9 Å². The summed E-state index contributed by atoms with van der Waals surface area (Å²) in [5.41, 5.74) is 6.53. The largest absolute Gasteiger partial charge is 0.368 e. The lowest BCUT2D eigenvalue weighted by Gasteiger charge is -2.20. The van der Waals surface area contributed by atoms with E-state index in [0.717, 1.165) is 17.8 Å². The highest BCUT2D eigenvalue weighted by atomic mass is 32.2. The van der Waals surface area contributed by atoms with Crippen molar-refractivity contribution in [3.63, 3.8) is 0 Å². The topological polar surface area (TPSA) is 103 Å². The molecule has 0 aliphatic carbocycles. The van der Waals surface area contributed by atoms with Gasteiger partial charge in [0.1, 0.15) is 11.9 Å². The average molecular weight is 375 g/mol. The Morgan fingerprint density at radius 3 is 2.58 bits per heavy atom. The second-order valence-corrected chi connectivity index (χ2v) is 7.17. The second-order valence-electron chi connectivity index (χ2n) is 6.22. The van der Waals surface area contributed by atoms with Crippen LogP contribution in [0.5, 0.6) is 0 Å². The van der Waals surface area contributed by atoms with Crippen molar-refractivity contribution in [2.24, 2.45) is 11.7 Å². The van der Waals surface area contributed by atoms with Gasteiger partial charge in [-0.2, -0.15) is 0 Å². The van der Waals surface area contributed by atoms with Crippen LogP contribution in [0.4, 0.5) is 0 Å². The zero-order valence-corrected chi connectivity index (χ0v) is 16.1. The number of hydrogen-bond acceptors (Lipinski definition) is 5. The number of nitrogens with two attached hydrogens (primary N) is 1. The van der Waals surface area contributed by atoms with Gasteiger partial charge >= 0.3 is 0 Å². The van der Waals surface area contributed by atoms with Crippen LogP contribution in [0.1, 0.15) is 31.7 Å². The maximum Gasteiger partial charge on any atom is 0.240 e. The van der Waals surface area contributed by atoms with Crippen LogP contribution in [0.15, 0.2) is 35.5 Å². The zero-order chi connectivity index (χ0) is 19.1. The van der Waals surface area contributed by atoms with Gasteiger partial charge in [-0.3, -0.25) is 9.59 Å². The van der Waals surface area contributed by atoms with Crippen molar-refractivity contribution in [2.75, 3.05) is 5.75 Å². The normalized spacial score (nSPS) is 13.2. The molecule has 0 saturated heterocycles. The number of carbonyl (C=O) groups excluding carboxylic acids is 2. The van der Waals surface area contributed by atoms with E-state index in [2.05, 4.69) is 15.5 Å². The standard InChI is InChI=1S/C18H25N5O2S/c1-4-12(2)16(17(19)25)20-15(24)11-26-18-22-21-13(3)23(18)10-14-8-6-5-7-9-14/h5-9,12,16H,4,10-11H2,1-3H3,(H2,19,25)(H,20,24). The molecule has 0 aliphatic heterocycles. The third-order valence-electron chi connectivity index (χ3n) is 4.25. The molecule has 1 aromatic heterocycles. The van der Waals surface area contributed by atoms with Gasteiger partial charge in [0, 0.05) is 0 Å². The predicted molar refractivity (Wildman–Crippen MR) is 102 cm³/mol. The summed E-state index contributed by atoms with van der Waals surface area (Å²) >= 11 is 1.29. The molecule has 3 N–H and O–H groups in total. The molecule has 26 heavy (non-hydrogen) atoms. The minimum absolute atomic E-state index is 0.00886. The van der Waals surface area contributed by atoms with Crippen LogP contribution in [0, 0.1) is 12.8 Å². The van der Waals surface area contributed by atoms with E-state index in [1.165, 1.54) is 11.8 Å². The molecule has 0 aliphatic rings. The average Bonchev–Trinajstić information content (AvgIpc) is 2.98. The maximum atomic E-state index is 12.2. The van der Waals surface area contributed by atoms with Crippen LogP contribution < -0.4 is 11.1 Å². The second kappa shape index (κ2) is 9.38. The minimum Gasteiger partial charge on any atom is -0.368 e. The summed E-state index contributed by atoms with van der Waals surface area (Å²) in [6.45, 7) is 6.37. The predicted octanol–water partition coefficient (Wildman–Crippen LogP) is 1.74. The number of amides is 2. The summed E-state index contributed by atoms with van der Waals surface area (Å²) < 4.78 is 1.97. The van der Waals surface area contributed by atoms with E-state index in [4.69, 9.17) is 5.73 Å². The molecule has 0 bridgehead atoms. The lowest BCUT2D eigenvalue weighted by molar-refractivity contribution is -0.127. The van der Waals surface area contributed by atoms with Crippen molar-refractivity contribution in [3.8, 4) is 0 Å². The molecule has 1 heterocycles. The molecule has 0 spiro atoms. The van der Waals surface area contributed by atoms with Crippen LogP contribution in [0.3, 0.4) is 0 Å². The molecule has 2 amide bonds. The Morgan fingerprint density at radius 1 is 1.27 bits per heavy atom. The van der Waals surface area contributed by atoms with Gasteiger partial charge in [-0.05, 0) is 18.4 Å². The molecule has 0 radical (unpaired) electrons. The molecule has 140 valence electrons. The molecular formula is C18H25N5O2S. The number of nitrogens with one attached hydrogen (secondary N) is 1. The summed E-state index contributed by atoms with van der Waals surface area (Å²) in [5.74, 6) is 0.163. The Morgan fingerprint density at radius 2 is 1.96 bits per heavy atom. The van der Waals surface area contributed by atoms with Gasteiger partial charge in [0.2, 0.25) is 11.8 Å². The van der Waals surface area contributed by atoms with Crippen molar-refractivity contribution in [3.05, 3.63) is 41.7 Å². The molecule has 2 aromatic rings. The van der Waals surface area contributed by atoms with Crippen molar-refractivity contribution < 1.29 is 9.59 Å². The third-order valence-corrected chi connectivity index (χ3v) is 5.22. The first-order chi connectivity index (χ1) is 12.4. The lowest BCUT2D eigenvalue weighted by atomic mass is 9.99. The van der Waals surface area contributed by atoms with E-state index in [1.807, 2.05) is 55.7 Å². The van der Waals surface area contributed by atoms with E-state index < -0.39 is 11.9 Å². The molecule has 8 heteroatoms. The smallest absolute Gasteiger partial charge is 0.240 e. The highest BCUT2D eigenvalue weighted by Crippen LogP contribution is 2.18. The number of thioether (sulfide) groups is 1. The van der Waals surface area contributed by atoms with Crippen molar-refractivity contribution in [1.82, 2.24) is 20.1 Å². The Kier molecular flexibility index (Phi) is 7.20. The van der Waals surface area contributed by atoms with Gasteiger partial charge in [-0.15, -0.1) is 10.2 Å². The van der Waals surface area contributed by atoms with E-state index in [9.17, 15) is 9.59 Å². The summed E-state index contributed by atoms with van der Waals surface area (Å²) in [7, 11) is 0. The van der Waals surface area contributed by atoms with E-state index in [1.54, 1.807) is 0 Å². The van der Waals surface area contributed by atoms with Crippen molar-refractivity contribution >= 4 is 23.6 Å². The van der Waals surface area contributed by atoms with E-state index in [0.29, 0.717) is 11.7 Å². The van der Waals surface area contributed by atoms with Gasteiger partial charge < -0.3 is 15.6 Å². The minimum atomic E-state index is -0.656. The fourth-order valence-corrected chi connectivity index (χ4v) is 3.29. The summed E-state index contributed by atoms with van der Waals surface area (Å²) in [6.07, 6.45) is 0.756. The maximum absolute atomic E-state index is 12.2. The molecule has 7 nitrogen and oxygen atoms in total. The Hall–Kier alpha value is -2.35. The molecule has 2 rings (SSSR count). The fourth-order valence-electron chi connectivity index (χ4n) is 2.49. The quantitative estimate of drug-likeness (QED) is 0.650. The molecule has 0 fully saturated rings.